The molecule has 0 spiro atoms. The maximum absolute atomic E-state index is 13.5. The molecule has 6 nitrogen and oxygen atoms in total. The quantitative estimate of drug-likeness (QED) is 0.856. The van der Waals surface area contributed by atoms with E-state index in [4.69, 9.17) is 0 Å². The summed E-state index contributed by atoms with van der Waals surface area (Å²) < 4.78 is 40.6. The number of carbonyl (C=O) groups is 1. The lowest BCUT2D eigenvalue weighted by atomic mass is 9.88. The molecule has 0 bridgehead atoms. The highest BCUT2D eigenvalue weighted by atomic mass is 19.4. The molecule has 2 heterocycles. The van der Waals surface area contributed by atoms with Crippen molar-refractivity contribution >= 4 is 5.91 Å². The molecule has 1 amide bonds. The number of aromatic nitrogens is 2. The molecule has 1 fully saturated rings. The summed E-state index contributed by atoms with van der Waals surface area (Å²) in [5.74, 6) is -0.438. The summed E-state index contributed by atoms with van der Waals surface area (Å²) in [7, 11) is 0. The SMILES string of the molecule is CC(=O)Nn1nc(C(F)(F)F)c2c1CCCC2N1CCNCC1C. The van der Waals surface area contributed by atoms with Crippen LogP contribution in [0.5, 0.6) is 0 Å². The van der Waals surface area contributed by atoms with Gasteiger partial charge < -0.3 is 5.32 Å². The molecule has 2 atom stereocenters. The van der Waals surface area contributed by atoms with Crippen LogP contribution in [0.15, 0.2) is 0 Å². The molecule has 1 aliphatic carbocycles. The molecule has 0 aromatic carbocycles. The molecule has 2 N–H and O–H groups in total. The Hall–Kier alpha value is -1.61. The summed E-state index contributed by atoms with van der Waals surface area (Å²) in [6.07, 6.45) is -2.61. The molecular formula is C15H22F3N5O. The van der Waals surface area contributed by atoms with Gasteiger partial charge in [-0.3, -0.25) is 9.69 Å². The highest BCUT2D eigenvalue weighted by Crippen LogP contribution is 2.43. The summed E-state index contributed by atoms with van der Waals surface area (Å²) >= 11 is 0. The zero-order valence-corrected chi connectivity index (χ0v) is 13.8. The maximum Gasteiger partial charge on any atom is 0.435 e. The van der Waals surface area contributed by atoms with Gasteiger partial charge in [0, 0.05) is 44.2 Å². The molecule has 1 aromatic heterocycles. The van der Waals surface area contributed by atoms with Crippen molar-refractivity contribution in [2.24, 2.45) is 0 Å². The Morgan fingerprint density at radius 3 is 2.79 bits per heavy atom. The topological polar surface area (TPSA) is 62.2 Å². The molecule has 1 saturated heterocycles. The second-order valence-corrected chi connectivity index (χ2v) is 6.49. The summed E-state index contributed by atoms with van der Waals surface area (Å²) in [6.45, 7) is 5.50. The highest BCUT2D eigenvalue weighted by Gasteiger charge is 2.44. The van der Waals surface area contributed by atoms with E-state index in [2.05, 4.69) is 20.7 Å². The van der Waals surface area contributed by atoms with Crippen LogP contribution < -0.4 is 10.7 Å². The third kappa shape index (κ3) is 3.14. The Kier molecular flexibility index (Phi) is 4.56. The van der Waals surface area contributed by atoms with Crippen molar-refractivity contribution in [3.63, 3.8) is 0 Å². The van der Waals surface area contributed by atoms with Gasteiger partial charge in [-0.15, -0.1) is 5.10 Å². The fourth-order valence-corrected chi connectivity index (χ4v) is 3.77. The lowest BCUT2D eigenvalue weighted by molar-refractivity contribution is -0.143. The smallest absolute Gasteiger partial charge is 0.314 e. The Balaban J connectivity index is 2.06. The first-order valence-electron chi connectivity index (χ1n) is 8.22. The van der Waals surface area contributed by atoms with Crippen LogP contribution in [-0.4, -0.2) is 46.4 Å². The van der Waals surface area contributed by atoms with Crippen molar-refractivity contribution in [2.45, 2.75) is 51.4 Å². The number of hydrogen-bond acceptors (Lipinski definition) is 4. The number of hydrogen-bond donors (Lipinski definition) is 2. The highest BCUT2D eigenvalue weighted by molar-refractivity contribution is 5.80. The largest absolute Gasteiger partial charge is 0.435 e. The second kappa shape index (κ2) is 6.36. The third-order valence-electron chi connectivity index (χ3n) is 4.73. The first-order chi connectivity index (χ1) is 11.3. The zero-order chi connectivity index (χ0) is 17.5. The summed E-state index contributed by atoms with van der Waals surface area (Å²) in [5.41, 5.74) is 2.23. The molecule has 3 rings (SSSR count). The predicted molar refractivity (Wildman–Crippen MR) is 82.0 cm³/mol. The minimum atomic E-state index is -4.54. The first kappa shape index (κ1) is 17.2. The van der Waals surface area contributed by atoms with Crippen LogP contribution in [0.4, 0.5) is 13.2 Å². The molecule has 2 aliphatic rings. The van der Waals surface area contributed by atoms with Gasteiger partial charge in [0.2, 0.25) is 5.91 Å². The van der Waals surface area contributed by atoms with Gasteiger partial charge >= 0.3 is 6.18 Å². The lowest BCUT2D eigenvalue weighted by Crippen LogP contribution is -2.51. The van der Waals surface area contributed by atoms with E-state index in [1.165, 1.54) is 6.92 Å². The summed E-state index contributed by atoms with van der Waals surface area (Å²) in [6, 6.07) is -0.162. The van der Waals surface area contributed by atoms with Crippen molar-refractivity contribution in [1.29, 1.82) is 0 Å². The van der Waals surface area contributed by atoms with Crippen molar-refractivity contribution in [3.05, 3.63) is 17.0 Å². The second-order valence-electron chi connectivity index (χ2n) is 6.49. The van der Waals surface area contributed by atoms with Gasteiger partial charge in [0.1, 0.15) is 0 Å². The van der Waals surface area contributed by atoms with Crippen molar-refractivity contribution < 1.29 is 18.0 Å². The number of rotatable bonds is 2. The van der Waals surface area contributed by atoms with Gasteiger partial charge in [-0.05, 0) is 26.2 Å². The van der Waals surface area contributed by atoms with Crippen molar-refractivity contribution in [1.82, 2.24) is 20.1 Å². The average molecular weight is 345 g/mol. The third-order valence-corrected chi connectivity index (χ3v) is 4.73. The van der Waals surface area contributed by atoms with E-state index in [1.54, 1.807) is 0 Å². The number of alkyl halides is 3. The van der Waals surface area contributed by atoms with Crippen LogP contribution in [0.3, 0.4) is 0 Å². The fraction of sp³-hybridized carbons (Fsp3) is 0.733. The fourth-order valence-electron chi connectivity index (χ4n) is 3.77. The minimum absolute atomic E-state index is 0.153. The number of amides is 1. The molecule has 24 heavy (non-hydrogen) atoms. The van der Waals surface area contributed by atoms with Crippen LogP contribution in [0.1, 0.15) is 49.7 Å². The Bertz CT molecular complexity index is 627. The monoisotopic (exact) mass is 345 g/mol. The van der Waals surface area contributed by atoms with Gasteiger partial charge in [-0.1, -0.05) is 0 Å². The van der Waals surface area contributed by atoms with Gasteiger partial charge in [0.05, 0.1) is 5.69 Å². The van der Waals surface area contributed by atoms with Crippen LogP contribution in [-0.2, 0) is 17.4 Å². The van der Waals surface area contributed by atoms with Crippen molar-refractivity contribution in [3.8, 4) is 0 Å². The molecular weight excluding hydrogens is 323 g/mol. The van der Waals surface area contributed by atoms with Crippen LogP contribution in [0, 0.1) is 0 Å². The van der Waals surface area contributed by atoms with E-state index in [-0.39, 0.29) is 17.6 Å². The van der Waals surface area contributed by atoms with Gasteiger partial charge in [0.25, 0.3) is 0 Å². The maximum atomic E-state index is 13.5. The van der Waals surface area contributed by atoms with Crippen LogP contribution >= 0.6 is 0 Å². The van der Waals surface area contributed by atoms with Gasteiger partial charge in [-0.2, -0.15) is 18.0 Å². The minimum Gasteiger partial charge on any atom is -0.314 e. The molecule has 2 unspecified atom stereocenters. The van der Waals surface area contributed by atoms with E-state index in [9.17, 15) is 18.0 Å². The number of carbonyl (C=O) groups excluding carboxylic acids is 1. The number of piperazine rings is 1. The number of fused-ring (bicyclic) bond motifs is 1. The molecule has 9 heteroatoms. The van der Waals surface area contributed by atoms with E-state index in [0.717, 1.165) is 24.3 Å². The number of nitrogens with one attached hydrogen (secondary N) is 2. The molecule has 0 radical (unpaired) electrons. The van der Waals surface area contributed by atoms with Gasteiger partial charge in [0.15, 0.2) is 5.69 Å². The molecule has 1 aromatic rings. The molecule has 134 valence electrons. The van der Waals surface area contributed by atoms with Crippen LogP contribution in [0.2, 0.25) is 0 Å². The Labute approximate surface area is 138 Å². The zero-order valence-electron chi connectivity index (χ0n) is 13.8. The lowest BCUT2D eigenvalue weighted by Gasteiger charge is -2.41. The first-order valence-corrected chi connectivity index (χ1v) is 8.22. The van der Waals surface area contributed by atoms with E-state index in [0.29, 0.717) is 25.1 Å². The summed E-state index contributed by atoms with van der Waals surface area (Å²) in [5, 5.41) is 6.95. The predicted octanol–water partition coefficient (Wildman–Crippen LogP) is 1.66. The van der Waals surface area contributed by atoms with E-state index < -0.39 is 17.8 Å². The standard InChI is InChI=1S/C15H22F3N5O/c1-9-8-19-6-7-22(9)11-4-3-5-12-13(11)14(15(16,17)18)21-23(12)20-10(2)24/h9,11,19H,3-8H2,1-2H3,(H,20,24). The average Bonchev–Trinajstić information content (AvgIpc) is 2.86. The van der Waals surface area contributed by atoms with Crippen molar-refractivity contribution in [2.75, 3.05) is 25.1 Å². The number of halogens is 3. The normalized spacial score (nSPS) is 25.4. The molecule has 0 saturated carbocycles. The summed E-state index contributed by atoms with van der Waals surface area (Å²) in [4.78, 5) is 14.5. The Morgan fingerprint density at radius 2 is 2.17 bits per heavy atom. The van der Waals surface area contributed by atoms with E-state index >= 15 is 0 Å². The number of nitrogens with zero attached hydrogens (tertiary/aromatic N) is 3. The van der Waals surface area contributed by atoms with E-state index in [1.807, 2.05) is 6.92 Å². The van der Waals surface area contributed by atoms with Crippen LogP contribution in [0.25, 0.3) is 0 Å². The Morgan fingerprint density at radius 1 is 1.42 bits per heavy atom. The van der Waals surface area contributed by atoms with Gasteiger partial charge in [-0.25, -0.2) is 5.43 Å². The molecule has 1 aliphatic heterocycles.